The van der Waals surface area contributed by atoms with E-state index in [1.54, 1.807) is 29.6 Å². The van der Waals surface area contributed by atoms with E-state index < -0.39 is 0 Å². The fourth-order valence-electron chi connectivity index (χ4n) is 2.39. The highest BCUT2D eigenvalue weighted by Gasteiger charge is 2.11. The monoisotopic (exact) mass is 385 g/mol. The van der Waals surface area contributed by atoms with Crippen LogP contribution in [0.5, 0.6) is 5.75 Å². The van der Waals surface area contributed by atoms with Crippen LogP contribution in [0.25, 0.3) is 0 Å². The summed E-state index contributed by atoms with van der Waals surface area (Å²) >= 11 is 1.31. The van der Waals surface area contributed by atoms with Gasteiger partial charge in [-0.05, 0) is 43.0 Å². The van der Waals surface area contributed by atoms with E-state index in [1.807, 2.05) is 26.0 Å². The molecule has 7 nitrogen and oxygen atoms in total. The minimum absolute atomic E-state index is 0.148. The van der Waals surface area contributed by atoms with Crippen molar-refractivity contribution in [3.8, 4) is 5.75 Å². The van der Waals surface area contributed by atoms with Gasteiger partial charge in [0.25, 0.3) is 5.91 Å². The number of nitrogens with zero attached hydrogens (tertiary/aromatic N) is 1. The number of carbonyl (C=O) groups excluding carboxylic acids is 2. The normalized spacial score (nSPS) is 10.4. The molecule has 0 atom stereocenters. The van der Waals surface area contributed by atoms with Crippen LogP contribution in [-0.4, -0.2) is 17.0 Å². The highest BCUT2D eigenvalue weighted by molar-refractivity contribution is 7.12. The molecule has 3 rings (SSSR count). The number of amides is 2. The molecule has 2 N–H and O–H groups in total. The van der Waals surface area contributed by atoms with Crippen molar-refractivity contribution in [2.24, 2.45) is 0 Å². The van der Waals surface area contributed by atoms with E-state index in [2.05, 4.69) is 16.0 Å². The summed E-state index contributed by atoms with van der Waals surface area (Å²) in [5, 5.41) is 5.69. The first-order valence-corrected chi connectivity index (χ1v) is 9.17. The van der Waals surface area contributed by atoms with Gasteiger partial charge in [0.15, 0.2) is 0 Å². The average Bonchev–Trinajstić information content (AvgIpc) is 3.30. The van der Waals surface area contributed by atoms with Crippen LogP contribution in [0.15, 0.2) is 46.3 Å². The Morgan fingerprint density at radius 1 is 1.15 bits per heavy atom. The average molecular weight is 385 g/mol. The van der Waals surface area contributed by atoms with E-state index in [-0.39, 0.29) is 18.2 Å². The van der Waals surface area contributed by atoms with Gasteiger partial charge >= 0.3 is 0 Å². The molecule has 140 valence electrons. The van der Waals surface area contributed by atoms with Gasteiger partial charge in [0.1, 0.15) is 18.1 Å². The molecule has 0 aliphatic carbocycles. The maximum atomic E-state index is 12.0. The number of hydrogen-bond acceptors (Lipinski definition) is 6. The van der Waals surface area contributed by atoms with Crippen molar-refractivity contribution in [2.45, 2.75) is 26.9 Å². The van der Waals surface area contributed by atoms with E-state index in [0.717, 1.165) is 22.6 Å². The minimum Gasteiger partial charge on any atom is -0.489 e. The van der Waals surface area contributed by atoms with E-state index in [0.29, 0.717) is 17.2 Å². The Morgan fingerprint density at radius 2 is 1.93 bits per heavy atom. The molecular formula is C19H19N3O4S. The summed E-state index contributed by atoms with van der Waals surface area (Å²) in [5.41, 5.74) is 7.35. The van der Waals surface area contributed by atoms with Gasteiger partial charge in [-0.25, -0.2) is 0 Å². The summed E-state index contributed by atoms with van der Waals surface area (Å²) < 4.78 is 10.8. The van der Waals surface area contributed by atoms with Gasteiger partial charge in [-0.2, -0.15) is 0 Å². The Hall–Kier alpha value is -3.13. The van der Waals surface area contributed by atoms with Crippen LogP contribution in [0, 0.1) is 13.8 Å². The number of benzene rings is 1. The maximum absolute atomic E-state index is 12.0. The third-order valence-corrected chi connectivity index (χ3v) is 4.78. The summed E-state index contributed by atoms with van der Waals surface area (Å²) in [6.45, 7) is 4.08. The largest absolute Gasteiger partial charge is 0.489 e. The zero-order valence-corrected chi connectivity index (χ0v) is 15.8. The number of rotatable bonds is 6. The predicted molar refractivity (Wildman–Crippen MR) is 100 cm³/mol. The summed E-state index contributed by atoms with van der Waals surface area (Å²) in [4.78, 5) is 24.3. The lowest BCUT2D eigenvalue weighted by molar-refractivity contribution is -0.121. The zero-order valence-electron chi connectivity index (χ0n) is 14.9. The number of hydrogen-bond donors (Lipinski definition) is 2. The molecule has 0 aliphatic heterocycles. The molecule has 1 aromatic carbocycles. The quantitative estimate of drug-likeness (QED) is 0.637. The molecule has 0 spiro atoms. The Kier molecular flexibility index (Phi) is 5.87. The third kappa shape index (κ3) is 4.95. The third-order valence-electron chi connectivity index (χ3n) is 3.91. The lowest BCUT2D eigenvalue weighted by Gasteiger charge is -2.08. The van der Waals surface area contributed by atoms with Gasteiger partial charge in [-0.1, -0.05) is 23.4 Å². The van der Waals surface area contributed by atoms with Crippen molar-refractivity contribution in [3.05, 3.63) is 69.2 Å². The number of aryl methyl sites for hydroxylation is 2. The summed E-state index contributed by atoms with van der Waals surface area (Å²) in [6, 6.07) is 10.7. The second kappa shape index (κ2) is 8.50. The van der Waals surface area contributed by atoms with E-state index >= 15 is 0 Å². The van der Waals surface area contributed by atoms with Crippen molar-refractivity contribution in [3.63, 3.8) is 0 Å². The topological polar surface area (TPSA) is 93.5 Å². The lowest BCUT2D eigenvalue weighted by Crippen LogP contribution is -2.42. The number of aromatic nitrogens is 1. The molecule has 0 fully saturated rings. The lowest BCUT2D eigenvalue weighted by atomic mass is 10.1. The first-order valence-electron chi connectivity index (χ1n) is 8.29. The van der Waals surface area contributed by atoms with Crippen LogP contribution in [-0.2, 0) is 17.8 Å². The highest BCUT2D eigenvalue weighted by Crippen LogP contribution is 2.18. The van der Waals surface area contributed by atoms with Crippen molar-refractivity contribution in [2.75, 3.05) is 0 Å². The van der Waals surface area contributed by atoms with Crippen LogP contribution in [0.3, 0.4) is 0 Å². The van der Waals surface area contributed by atoms with Crippen LogP contribution in [0.1, 0.15) is 32.3 Å². The number of carbonyl (C=O) groups is 2. The Bertz CT molecular complexity index is 898. The molecule has 0 aliphatic rings. The van der Waals surface area contributed by atoms with Gasteiger partial charge in [0, 0.05) is 0 Å². The fourth-order valence-corrected chi connectivity index (χ4v) is 3.01. The summed E-state index contributed by atoms with van der Waals surface area (Å²) in [7, 11) is 0. The van der Waals surface area contributed by atoms with Gasteiger partial charge in [-0.15, -0.1) is 11.3 Å². The van der Waals surface area contributed by atoms with E-state index in [4.69, 9.17) is 9.26 Å². The van der Waals surface area contributed by atoms with Gasteiger partial charge in [-0.3, -0.25) is 20.4 Å². The SMILES string of the molecule is Cc1noc(C)c1COc1ccc(CC(=O)NNC(=O)c2cccs2)cc1. The summed E-state index contributed by atoms with van der Waals surface area (Å²) in [6.07, 6.45) is 0.148. The van der Waals surface area contributed by atoms with Gasteiger partial charge < -0.3 is 9.26 Å². The molecule has 27 heavy (non-hydrogen) atoms. The first-order chi connectivity index (χ1) is 13.0. The second-order valence-corrected chi connectivity index (χ2v) is 6.84. The van der Waals surface area contributed by atoms with Gasteiger partial charge in [0.2, 0.25) is 5.91 Å². The van der Waals surface area contributed by atoms with Crippen molar-refractivity contribution >= 4 is 23.2 Å². The molecule has 0 unspecified atom stereocenters. The van der Waals surface area contributed by atoms with Crippen molar-refractivity contribution in [1.29, 1.82) is 0 Å². The molecule has 2 amide bonds. The molecule has 2 heterocycles. The molecule has 8 heteroatoms. The van der Waals surface area contributed by atoms with Crippen LogP contribution in [0.2, 0.25) is 0 Å². The zero-order chi connectivity index (χ0) is 19.2. The van der Waals surface area contributed by atoms with Gasteiger partial charge in [0.05, 0.1) is 22.6 Å². The van der Waals surface area contributed by atoms with Crippen LogP contribution in [0.4, 0.5) is 0 Å². The molecule has 0 saturated heterocycles. The highest BCUT2D eigenvalue weighted by atomic mass is 32.1. The number of ether oxygens (including phenoxy) is 1. The maximum Gasteiger partial charge on any atom is 0.279 e. The van der Waals surface area contributed by atoms with E-state index in [1.165, 1.54) is 11.3 Å². The second-order valence-electron chi connectivity index (χ2n) is 5.89. The van der Waals surface area contributed by atoms with Crippen LogP contribution < -0.4 is 15.6 Å². The number of hydrazine groups is 1. The fraction of sp³-hybridized carbons (Fsp3) is 0.211. The van der Waals surface area contributed by atoms with E-state index in [9.17, 15) is 9.59 Å². The molecule has 3 aromatic rings. The molecule has 2 aromatic heterocycles. The first kappa shape index (κ1) is 18.7. The number of nitrogens with one attached hydrogen (secondary N) is 2. The predicted octanol–water partition coefficient (Wildman–Crippen LogP) is 2.94. The Balaban J connectivity index is 1.47. The molecule has 0 bridgehead atoms. The van der Waals surface area contributed by atoms with Crippen LogP contribution >= 0.6 is 11.3 Å². The number of thiophene rings is 1. The van der Waals surface area contributed by atoms with Crippen molar-refractivity contribution < 1.29 is 18.8 Å². The Morgan fingerprint density at radius 3 is 2.56 bits per heavy atom. The standard InChI is InChI=1S/C19H19N3O4S/c1-12-16(13(2)26-22-12)11-25-15-7-5-14(6-8-15)10-18(23)20-21-19(24)17-4-3-9-27-17/h3-9H,10-11H2,1-2H3,(H,20,23)(H,21,24). The minimum atomic E-state index is -0.332. The Labute approximate surface area is 160 Å². The molecule has 0 saturated carbocycles. The molecular weight excluding hydrogens is 366 g/mol. The summed E-state index contributed by atoms with van der Waals surface area (Å²) in [5.74, 6) is 0.793. The van der Waals surface area contributed by atoms with Crippen molar-refractivity contribution in [1.82, 2.24) is 16.0 Å². The smallest absolute Gasteiger partial charge is 0.279 e. The molecule has 0 radical (unpaired) electrons.